The summed E-state index contributed by atoms with van der Waals surface area (Å²) in [6.45, 7) is 3.04. The van der Waals surface area contributed by atoms with E-state index in [-0.39, 0.29) is 18.0 Å². The maximum atomic E-state index is 11.8. The van der Waals surface area contributed by atoms with Crippen LogP contribution in [-0.2, 0) is 4.79 Å². The van der Waals surface area contributed by atoms with Gasteiger partial charge in [-0.15, -0.1) is 0 Å². The largest absolute Gasteiger partial charge is 0.481 e. The van der Waals surface area contributed by atoms with Crippen LogP contribution in [0.25, 0.3) is 0 Å². The lowest BCUT2D eigenvalue weighted by molar-refractivity contribution is -0.141. The van der Waals surface area contributed by atoms with Gasteiger partial charge < -0.3 is 15.7 Å². The second-order valence-electron chi connectivity index (χ2n) is 6.86. The van der Waals surface area contributed by atoms with Crippen molar-refractivity contribution in [2.45, 2.75) is 64.3 Å². The number of hydrogen-bond acceptors (Lipinski definition) is 2. The van der Waals surface area contributed by atoms with Crippen molar-refractivity contribution in [2.75, 3.05) is 6.54 Å². The van der Waals surface area contributed by atoms with Crippen molar-refractivity contribution in [1.82, 2.24) is 10.6 Å². The van der Waals surface area contributed by atoms with Gasteiger partial charge in [-0.25, -0.2) is 4.79 Å². The Hall–Kier alpha value is -1.26. The van der Waals surface area contributed by atoms with Crippen molar-refractivity contribution < 1.29 is 14.7 Å². The molecule has 2 aliphatic carbocycles. The molecule has 0 aliphatic heterocycles. The summed E-state index contributed by atoms with van der Waals surface area (Å²) in [6, 6.07) is -0.128. The third-order valence-corrected chi connectivity index (χ3v) is 5.09. The first-order valence-electron chi connectivity index (χ1n) is 8.31. The first-order valence-corrected chi connectivity index (χ1v) is 8.31. The summed E-state index contributed by atoms with van der Waals surface area (Å²) in [5.74, 6) is 0.581. The minimum absolute atomic E-state index is 0.0154. The van der Waals surface area contributed by atoms with Gasteiger partial charge in [-0.05, 0) is 37.5 Å². The summed E-state index contributed by atoms with van der Waals surface area (Å²) in [6.07, 6.45) is 8.25. The number of carboxylic acids is 1. The monoisotopic (exact) mass is 296 g/mol. The predicted molar refractivity (Wildman–Crippen MR) is 81.0 cm³/mol. The quantitative estimate of drug-likeness (QED) is 0.730. The topological polar surface area (TPSA) is 78.4 Å². The lowest BCUT2D eigenvalue weighted by Gasteiger charge is -2.26. The van der Waals surface area contributed by atoms with E-state index in [0.29, 0.717) is 12.8 Å². The van der Waals surface area contributed by atoms with Gasteiger partial charge in [-0.2, -0.15) is 0 Å². The SMILES string of the molecule is CC1CCC(CCNC(=O)N[C@H]2CC[C@@H](C(=O)O)C2)CC1. The van der Waals surface area contributed by atoms with Crippen LogP contribution >= 0.6 is 0 Å². The number of hydrogen-bond donors (Lipinski definition) is 3. The van der Waals surface area contributed by atoms with Crippen molar-refractivity contribution in [1.29, 1.82) is 0 Å². The van der Waals surface area contributed by atoms with Crippen molar-refractivity contribution in [3.63, 3.8) is 0 Å². The lowest BCUT2D eigenvalue weighted by Crippen LogP contribution is -2.41. The van der Waals surface area contributed by atoms with Crippen LogP contribution in [0.1, 0.15) is 58.3 Å². The minimum Gasteiger partial charge on any atom is -0.481 e. The highest BCUT2D eigenvalue weighted by atomic mass is 16.4. The van der Waals surface area contributed by atoms with Crippen molar-refractivity contribution in [3.05, 3.63) is 0 Å². The fourth-order valence-corrected chi connectivity index (χ4v) is 3.58. The van der Waals surface area contributed by atoms with Crippen LogP contribution in [0.5, 0.6) is 0 Å². The first kappa shape index (κ1) is 16.1. The van der Waals surface area contributed by atoms with Gasteiger partial charge in [-0.1, -0.05) is 32.6 Å². The van der Waals surface area contributed by atoms with E-state index >= 15 is 0 Å². The number of amides is 2. The molecule has 0 saturated heterocycles. The molecule has 0 unspecified atom stereocenters. The molecule has 5 nitrogen and oxygen atoms in total. The predicted octanol–water partition coefficient (Wildman–Crippen LogP) is 2.76. The van der Waals surface area contributed by atoms with E-state index in [1.807, 2.05) is 0 Å². The standard InChI is InChI=1S/C16H28N2O3/c1-11-2-4-12(5-3-11)8-9-17-16(21)18-14-7-6-13(10-14)15(19)20/h11-14H,2-10H2,1H3,(H,19,20)(H2,17,18,21)/t11?,12?,13-,14+/m1/s1. The van der Waals surface area contributed by atoms with Gasteiger partial charge in [0, 0.05) is 12.6 Å². The summed E-state index contributed by atoms with van der Waals surface area (Å²) in [4.78, 5) is 22.7. The van der Waals surface area contributed by atoms with E-state index in [0.717, 1.165) is 31.2 Å². The number of carbonyl (C=O) groups excluding carboxylic acids is 1. The molecule has 0 aromatic heterocycles. The fraction of sp³-hybridized carbons (Fsp3) is 0.875. The molecule has 2 rings (SSSR count). The summed E-state index contributed by atoms with van der Waals surface area (Å²) in [5.41, 5.74) is 0. The molecule has 2 saturated carbocycles. The van der Waals surface area contributed by atoms with E-state index in [9.17, 15) is 9.59 Å². The summed E-state index contributed by atoms with van der Waals surface area (Å²) >= 11 is 0. The second kappa shape index (κ2) is 7.66. The van der Waals surface area contributed by atoms with Gasteiger partial charge in [0.2, 0.25) is 0 Å². The van der Waals surface area contributed by atoms with E-state index in [1.165, 1.54) is 25.7 Å². The Kier molecular flexibility index (Phi) is 5.88. The van der Waals surface area contributed by atoms with Crippen LogP contribution in [0.3, 0.4) is 0 Å². The molecule has 21 heavy (non-hydrogen) atoms. The number of aliphatic carboxylic acids is 1. The van der Waals surface area contributed by atoms with Gasteiger partial charge in [0.25, 0.3) is 0 Å². The van der Waals surface area contributed by atoms with Gasteiger partial charge in [0.1, 0.15) is 0 Å². The minimum atomic E-state index is -0.744. The number of carboxylic acid groups (broad SMARTS) is 1. The lowest BCUT2D eigenvalue weighted by atomic mass is 9.81. The average molecular weight is 296 g/mol. The summed E-state index contributed by atoms with van der Waals surface area (Å²) in [7, 11) is 0. The molecule has 5 heteroatoms. The van der Waals surface area contributed by atoms with Crippen molar-refractivity contribution in [3.8, 4) is 0 Å². The Balaban J connectivity index is 1.57. The maximum Gasteiger partial charge on any atom is 0.315 e. The van der Waals surface area contributed by atoms with Crippen molar-refractivity contribution >= 4 is 12.0 Å². The zero-order valence-corrected chi connectivity index (χ0v) is 12.9. The molecule has 0 heterocycles. The van der Waals surface area contributed by atoms with Crippen molar-refractivity contribution in [2.24, 2.45) is 17.8 Å². The first-order chi connectivity index (χ1) is 10.0. The highest BCUT2D eigenvalue weighted by molar-refractivity contribution is 5.75. The van der Waals surface area contributed by atoms with Crippen LogP contribution in [0.4, 0.5) is 4.79 Å². The Morgan fingerprint density at radius 3 is 2.43 bits per heavy atom. The molecule has 2 fully saturated rings. The molecule has 2 amide bonds. The highest BCUT2D eigenvalue weighted by Gasteiger charge is 2.30. The van der Waals surface area contributed by atoms with E-state index in [1.54, 1.807) is 0 Å². The van der Waals surface area contributed by atoms with Crippen LogP contribution in [0.2, 0.25) is 0 Å². The van der Waals surface area contributed by atoms with E-state index < -0.39 is 5.97 Å². The summed E-state index contributed by atoms with van der Waals surface area (Å²) in [5, 5.41) is 14.8. The van der Waals surface area contributed by atoms with Crippen LogP contribution in [0.15, 0.2) is 0 Å². The molecule has 2 atom stereocenters. The molecule has 120 valence electrons. The third-order valence-electron chi connectivity index (χ3n) is 5.09. The van der Waals surface area contributed by atoms with Gasteiger partial charge in [0.15, 0.2) is 0 Å². The highest BCUT2D eigenvalue weighted by Crippen LogP contribution is 2.30. The fourth-order valence-electron chi connectivity index (χ4n) is 3.58. The van der Waals surface area contributed by atoms with E-state index in [4.69, 9.17) is 5.11 Å². The maximum absolute atomic E-state index is 11.8. The number of nitrogens with one attached hydrogen (secondary N) is 2. The molecule has 0 aromatic rings. The average Bonchev–Trinajstić information content (AvgIpc) is 2.90. The van der Waals surface area contributed by atoms with Gasteiger partial charge in [-0.3, -0.25) is 4.79 Å². The Morgan fingerprint density at radius 2 is 1.81 bits per heavy atom. The Labute approximate surface area is 126 Å². The summed E-state index contributed by atoms with van der Waals surface area (Å²) < 4.78 is 0. The van der Waals surface area contributed by atoms with Gasteiger partial charge in [0.05, 0.1) is 5.92 Å². The zero-order chi connectivity index (χ0) is 15.2. The smallest absolute Gasteiger partial charge is 0.315 e. The molecule has 0 bridgehead atoms. The molecule has 2 aliphatic rings. The molecule has 0 radical (unpaired) electrons. The molecule has 0 aromatic carbocycles. The van der Waals surface area contributed by atoms with Gasteiger partial charge >= 0.3 is 12.0 Å². The van der Waals surface area contributed by atoms with Crippen LogP contribution in [0, 0.1) is 17.8 Å². The number of carbonyl (C=O) groups is 2. The number of urea groups is 1. The van der Waals surface area contributed by atoms with E-state index in [2.05, 4.69) is 17.6 Å². The number of rotatable bonds is 5. The van der Waals surface area contributed by atoms with Crippen LogP contribution < -0.4 is 10.6 Å². The normalized spacial score (nSPS) is 32.6. The molecular weight excluding hydrogens is 268 g/mol. The molecule has 3 N–H and O–H groups in total. The molecule has 0 spiro atoms. The second-order valence-corrected chi connectivity index (χ2v) is 6.86. The zero-order valence-electron chi connectivity index (χ0n) is 12.9. The Bertz CT molecular complexity index is 365. The van der Waals surface area contributed by atoms with Crippen LogP contribution in [-0.4, -0.2) is 29.7 Å². The Morgan fingerprint density at radius 1 is 1.10 bits per heavy atom. The third kappa shape index (κ3) is 5.21. The molecular formula is C16H28N2O3.